The van der Waals surface area contributed by atoms with E-state index in [0.717, 1.165) is 0 Å². The maximum absolute atomic E-state index is 3.53. The van der Waals surface area contributed by atoms with Gasteiger partial charge in [0.05, 0.1) is 0 Å². The Morgan fingerprint density at radius 1 is 0.405 bits per heavy atom. The third kappa shape index (κ3) is 8.14. The van der Waals surface area contributed by atoms with Crippen LogP contribution in [0.3, 0.4) is 0 Å². The second kappa shape index (κ2) is 15.5. The minimum Gasteiger partial charge on any atom is -0.190 e. The van der Waals surface area contributed by atoms with Gasteiger partial charge in [0.2, 0.25) is 0 Å². The molecule has 0 fully saturated rings. The van der Waals surface area contributed by atoms with Crippen LogP contribution in [0.5, 0.6) is 0 Å². The van der Waals surface area contributed by atoms with Gasteiger partial charge in [-0.15, -0.1) is 72.4 Å². The average Bonchev–Trinajstić information content (AvgIpc) is 3.62. The summed E-state index contributed by atoms with van der Waals surface area (Å²) in [5, 5.41) is 0. The van der Waals surface area contributed by atoms with Gasteiger partial charge in [0.1, 0.15) is 0 Å². The average molecular weight is 599 g/mol. The molecule has 0 N–H and O–H groups in total. The first kappa shape index (κ1) is 30.5. The number of benzene rings is 4. The van der Waals surface area contributed by atoms with Gasteiger partial charge in [0, 0.05) is 0 Å². The van der Waals surface area contributed by atoms with Crippen LogP contribution in [-0.2, 0) is 26.2 Å². The summed E-state index contributed by atoms with van der Waals surface area (Å²) in [6.07, 6.45) is 15.8. The molecule has 3 heteroatoms. The Morgan fingerprint density at radius 3 is 1.03 bits per heavy atom. The molecule has 0 aromatic heterocycles. The van der Waals surface area contributed by atoms with E-state index < -0.39 is 0 Å². The van der Waals surface area contributed by atoms with Crippen molar-refractivity contribution in [3.63, 3.8) is 0 Å². The largest absolute Gasteiger partial charge is 2.00 e. The molecule has 4 aromatic carbocycles. The van der Waals surface area contributed by atoms with Crippen molar-refractivity contribution in [3.8, 4) is 0 Å². The zero-order chi connectivity index (χ0) is 23.0. The van der Waals surface area contributed by atoms with Crippen LogP contribution in [-0.4, -0.2) is 0 Å². The van der Waals surface area contributed by atoms with Gasteiger partial charge < -0.3 is 0 Å². The van der Waals surface area contributed by atoms with Crippen LogP contribution in [0, 0.1) is 12.2 Å². The molecule has 0 saturated carbocycles. The van der Waals surface area contributed by atoms with E-state index in [1.807, 2.05) is 24.3 Å². The third-order valence-electron chi connectivity index (χ3n) is 6.02. The molecule has 2 unspecified atom stereocenters. The maximum Gasteiger partial charge on any atom is 2.00 e. The number of halogens is 2. The van der Waals surface area contributed by atoms with E-state index in [0.29, 0.717) is 11.8 Å². The Balaban J connectivity index is 0.000000241. The van der Waals surface area contributed by atoms with E-state index in [1.165, 1.54) is 33.4 Å². The Bertz CT molecular complexity index is 1220. The first-order valence-corrected chi connectivity index (χ1v) is 11.7. The molecule has 0 amide bonds. The summed E-state index contributed by atoms with van der Waals surface area (Å²) in [6.45, 7) is 0. The second-order valence-corrected chi connectivity index (χ2v) is 8.34. The summed E-state index contributed by atoms with van der Waals surface area (Å²) in [7, 11) is 0. The van der Waals surface area contributed by atoms with E-state index in [2.05, 4.69) is 134 Å². The molecular formula is C34H28Cl2Zr. The third-order valence-corrected chi connectivity index (χ3v) is 6.02. The van der Waals surface area contributed by atoms with Crippen LogP contribution < -0.4 is 0 Å². The molecule has 0 heterocycles. The van der Waals surface area contributed by atoms with Crippen molar-refractivity contribution in [3.05, 3.63) is 180 Å². The van der Waals surface area contributed by atoms with Gasteiger partial charge in [-0.1, -0.05) is 108 Å². The summed E-state index contributed by atoms with van der Waals surface area (Å²) < 4.78 is 0. The van der Waals surface area contributed by atoms with Gasteiger partial charge in [-0.05, 0) is 11.8 Å². The quantitative estimate of drug-likeness (QED) is 0.205. The summed E-state index contributed by atoms with van der Waals surface area (Å²) in [4.78, 5) is 0. The van der Waals surface area contributed by atoms with Crippen molar-refractivity contribution in [1.29, 1.82) is 0 Å². The fraction of sp³-hybridized carbons (Fsp3) is 0.0588. The van der Waals surface area contributed by atoms with Crippen LogP contribution in [0.15, 0.2) is 146 Å². The van der Waals surface area contributed by atoms with Crippen molar-refractivity contribution in [2.24, 2.45) is 0 Å². The van der Waals surface area contributed by atoms with Gasteiger partial charge >= 0.3 is 26.2 Å². The van der Waals surface area contributed by atoms with Crippen molar-refractivity contribution in [2.75, 3.05) is 0 Å². The molecule has 0 aliphatic heterocycles. The van der Waals surface area contributed by atoms with Crippen molar-refractivity contribution in [2.45, 2.75) is 11.8 Å². The normalized spacial score (nSPS) is 16.6. The van der Waals surface area contributed by atoms with Gasteiger partial charge in [0.15, 0.2) is 0 Å². The van der Waals surface area contributed by atoms with Gasteiger partial charge in [-0.3, -0.25) is 0 Å². The van der Waals surface area contributed by atoms with Gasteiger partial charge in [-0.2, -0.15) is 35.5 Å². The molecule has 182 valence electrons. The molecule has 37 heavy (non-hydrogen) atoms. The predicted molar refractivity (Wildman–Crippen MR) is 157 cm³/mol. The first-order valence-electron chi connectivity index (χ1n) is 11.7. The number of hydrogen-bond donors (Lipinski definition) is 0. The van der Waals surface area contributed by atoms with E-state index in [9.17, 15) is 0 Å². The summed E-state index contributed by atoms with van der Waals surface area (Å²) in [5.41, 5.74) is 7.47. The molecular weight excluding hydrogens is 571 g/mol. The van der Waals surface area contributed by atoms with Crippen molar-refractivity contribution >= 4 is 36.0 Å². The molecule has 2 aliphatic rings. The standard InChI is InChI=1S/2C17H13.2ClH.Zr/c2*1-3-7-14(8-4-1)16-11-12-17(13-16)15-9-5-2-6-10-15;;;/h2*1-12,16H;2*1H;/q2*-1;;;+2. The van der Waals surface area contributed by atoms with Crippen molar-refractivity contribution in [1.82, 2.24) is 0 Å². The Morgan fingerprint density at radius 2 is 0.703 bits per heavy atom. The Labute approximate surface area is 252 Å². The van der Waals surface area contributed by atoms with E-state index in [-0.39, 0.29) is 51.0 Å². The Kier molecular flexibility index (Phi) is 12.8. The monoisotopic (exact) mass is 596 g/mol. The smallest absolute Gasteiger partial charge is 0.190 e. The number of rotatable bonds is 4. The zero-order valence-electron chi connectivity index (χ0n) is 20.3. The summed E-state index contributed by atoms with van der Waals surface area (Å²) >= 11 is 0. The summed E-state index contributed by atoms with van der Waals surface area (Å²) in [5.74, 6) is 0.595. The molecule has 0 spiro atoms. The van der Waals surface area contributed by atoms with E-state index in [4.69, 9.17) is 0 Å². The van der Waals surface area contributed by atoms with Crippen LogP contribution in [0.2, 0.25) is 0 Å². The molecule has 0 radical (unpaired) electrons. The molecule has 4 aromatic rings. The van der Waals surface area contributed by atoms with E-state index in [1.54, 1.807) is 0 Å². The van der Waals surface area contributed by atoms with Crippen LogP contribution in [0.25, 0.3) is 11.1 Å². The topological polar surface area (TPSA) is 0 Å². The second-order valence-electron chi connectivity index (χ2n) is 8.34. The SMILES string of the molecule is Cl.Cl.[C-]1=C(c2ccccc2)C=CC1c1ccccc1.[C-]1=C(c2ccccc2)C=CC1c1ccccc1.[Zr+2]. The van der Waals surface area contributed by atoms with Gasteiger partial charge in [-0.25, -0.2) is 0 Å². The number of allylic oxidation sites excluding steroid dienone is 8. The fourth-order valence-electron chi connectivity index (χ4n) is 4.22. The summed E-state index contributed by atoms with van der Waals surface area (Å²) in [6, 6.07) is 41.8. The molecule has 2 atom stereocenters. The van der Waals surface area contributed by atoms with Gasteiger partial charge in [0.25, 0.3) is 0 Å². The molecule has 0 saturated heterocycles. The predicted octanol–water partition coefficient (Wildman–Crippen LogP) is 9.29. The minimum absolute atomic E-state index is 0. The zero-order valence-corrected chi connectivity index (χ0v) is 24.4. The molecule has 6 rings (SSSR count). The number of hydrogen-bond acceptors (Lipinski definition) is 0. The molecule has 0 bridgehead atoms. The van der Waals surface area contributed by atoms with E-state index >= 15 is 0 Å². The molecule has 2 aliphatic carbocycles. The van der Waals surface area contributed by atoms with Crippen LogP contribution >= 0.6 is 24.8 Å². The molecule has 0 nitrogen and oxygen atoms in total. The van der Waals surface area contributed by atoms with Crippen LogP contribution in [0.4, 0.5) is 0 Å². The maximum atomic E-state index is 3.53. The van der Waals surface area contributed by atoms with Crippen molar-refractivity contribution < 1.29 is 26.2 Å². The fourth-order valence-corrected chi connectivity index (χ4v) is 4.22. The first-order chi connectivity index (χ1) is 16.9. The minimum atomic E-state index is 0. The Hall–Kier alpha value is -2.70. The van der Waals surface area contributed by atoms with Crippen LogP contribution in [0.1, 0.15) is 34.1 Å².